The molecule has 2 bridgehead atoms. The molecular weight excluding hydrogens is 300 g/mol. The fraction of sp³-hybridized carbons (Fsp3) is 0.947. The van der Waals surface area contributed by atoms with Gasteiger partial charge in [-0.1, -0.05) is 6.42 Å². The minimum atomic E-state index is 0.242. The molecule has 2 saturated heterocycles. The molecule has 24 heavy (non-hydrogen) atoms. The van der Waals surface area contributed by atoms with Crippen LogP contribution in [0.3, 0.4) is 0 Å². The Morgan fingerprint density at radius 2 is 2.00 bits per heavy atom. The van der Waals surface area contributed by atoms with Crippen LogP contribution in [0.4, 0.5) is 0 Å². The normalized spacial score (nSPS) is 38.5. The number of hydrogen-bond donors (Lipinski definition) is 2. The van der Waals surface area contributed by atoms with Crippen LogP contribution in [0, 0.1) is 17.8 Å². The Labute approximate surface area is 146 Å². The van der Waals surface area contributed by atoms with Gasteiger partial charge in [0.05, 0.1) is 6.54 Å². The van der Waals surface area contributed by atoms with Gasteiger partial charge in [-0.15, -0.1) is 0 Å². The predicted molar refractivity (Wildman–Crippen MR) is 95.8 cm³/mol. The SMILES string of the molecule is CC(NC(=O)CN1CCC(N2CCNCC2)C1)C1CC2CCC1C2. The van der Waals surface area contributed by atoms with E-state index in [1.54, 1.807) is 0 Å². The highest BCUT2D eigenvalue weighted by Gasteiger charge is 2.42. The van der Waals surface area contributed by atoms with Crippen LogP contribution in [-0.4, -0.2) is 73.6 Å². The van der Waals surface area contributed by atoms with E-state index in [1.165, 1.54) is 32.1 Å². The number of piperazine rings is 1. The van der Waals surface area contributed by atoms with Gasteiger partial charge in [0, 0.05) is 51.4 Å². The molecule has 5 heteroatoms. The van der Waals surface area contributed by atoms with E-state index in [0.717, 1.165) is 57.0 Å². The molecule has 2 N–H and O–H groups in total. The van der Waals surface area contributed by atoms with Crippen molar-refractivity contribution >= 4 is 5.91 Å². The summed E-state index contributed by atoms with van der Waals surface area (Å²) in [7, 11) is 0. The van der Waals surface area contributed by atoms with Gasteiger partial charge in [0.1, 0.15) is 0 Å². The zero-order valence-electron chi connectivity index (χ0n) is 15.2. The van der Waals surface area contributed by atoms with E-state index in [0.29, 0.717) is 18.6 Å². The van der Waals surface area contributed by atoms with Crippen molar-refractivity contribution in [1.29, 1.82) is 0 Å². The van der Waals surface area contributed by atoms with Gasteiger partial charge < -0.3 is 10.6 Å². The van der Waals surface area contributed by atoms with E-state index >= 15 is 0 Å². The first kappa shape index (κ1) is 16.8. The Balaban J connectivity index is 1.20. The molecule has 4 aliphatic rings. The fourth-order valence-corrected chi connectivity index (χ4v) is 5.82. The molecule has 136 valence electrons. The van der Waals surface area contributed by atoms with Crippen LogP contribution in [-0.2, 0) is 4.79 Å². The molecule has 5 nitrogen and oxygen atoms in total. The van der Waals surface area contributed by atoms with Crippen LogP contribution in [0.2, 0.25) is 0 Å². The van der Waals surface area contributed by atoms with E-state index in [-0.39, 0.29) is 5.91 Å². The lowest BCUT2D eigenvalue weighted by Crippen LogP contribution is -2.49. The van der Waals surface area contributed by atoms with Crippen molar-refractivity contribution in [1.82, 2.24) is 20.4 Å². The van der Waals surface area contributed by atoms with Crippen molar-refractivity contribution in [3.8, 4) is 0 Å². The summed E-state index contributed by atoms with van der Waals surface area (Å²) in [6.07, 6.45) is 6.82. The van der Waals surface area contributed by atoms with Gasteiger partial charge in [0.15, 0.2) is 0 Å². The highest BCUT2D eigenvalue weighted by molar-refractivity contribution is 5.78. The lowest BCUT2D eigenvalue weighted by atomic mass is 9.84. The molecule has 2 aliphatic heterocycles. The number of rotatable bonds is 5. The number of amides is 1. The minimum absolute atomic E-state index is 0.242. The predicted octanol–water partition coefficient (Wildman–Crippen LogP) is 0.907. The standard InChI is InChI=1S/C19H34N4O/c1-14(18-11-15-2-3-16(18)10-15)21-19(24)13-22-7-4-17(12-22)23-8-5-20-6-9-23/h14-18,20H,2-13H2,1H3,(H,21,24). The second kappa shape index (κ2) is 7.30. The van der Waals surface area contributed by atoms with Gasteiger partial charge in [-0.25, -0.2) is 0 Å². The van der Waals surface area contributed by atoms with Crippen LogP contribution in [0.25, 0.3) is 0 Å². The van der Waals surface area contributed by atoms with E-state index in [9.17, 15) is 4.79 Å². The van der Waals surface area contributed by atoms with Crippen molar-refractivity contribution in [2.75, 3.05) is 45.8 Å². The maximum atomic E-state index is 12.5. The Morgan fingerprint density at radius 3 is 2.71 bits per heavy atom. The third-order valence-electron chi connectivity index (χ3n) is 7.11. The maximum Gasteiger partial charge on any atom is 0.234 e. The average molecular weight is 335 g/mol. The number of hydrogen-bond acceptors (Lipinski definition) is 4. The van der Waals surface area contributed by atoms with Crippen molar-refractivity contribution in [3.63, 3.8) is 0 Å². The maximum absolute atomic E-state index is 12.5. The highest BCUT2D eigenvalue weighted by atomic mass is 16.2. The first-order valence-corrected chi connectivity index (χ1v) is 10.2. The summed E-state index contributed by atoms with van der Waals surface area (Å²) in [5.74, 6) is 2.82. The number of nitrogens with one attached hydrogen (secondary N) is 2. The number of carbonyl (C=O) groups excluding carboxylic acids is 1. The Morgan fingerprint density at radius 1 is 1.17 bits per heavy atom. The Bertz CT molecular complexity index is 451. The first-order valence-electron chi connectivity index (χ1n) is 10.2. The fourth-order valence-electron chi connectivity index (χ4n) is 5.82. The summed E-state index contributed by atoms with van der Waals surface area (Å²) >= 11 is 0. The van der Waals surface area contributed by atoms with Gasteiger partial charge in [0.25, 0.3) is 0 Å². The molecule has 0 spiro atoms. The van der Waals surface area contributed by atoms with Crippen LogP contribution in [0.5, 0.6) is 0 Å². The third kappa shape index (κ3) is 3.63. The summed E-state index contributed by atoms with van der Waals surface area (Å²) in [4.78, 5) is 17.4. The van der Waals surface area contributed by atoms with E-state index < -0.39 is 0 Å². The molecule has 4 rings (SSSR count). The largest absolute Gasteiger partial charge is 0.352 e. The zero-order valence-corrected chi connectivity index (χ0v) is 15.2. The topological polar surface area (TPSA) is 47.6 Å². The van der Waals surface area contributed by atoms with Gasteiger partial charge in [-0.05, 0) is 50.4 Å². The smallest absolute Gasteiger partial charge is 0.234 e. The molecule has 4 fully saturated rings. The molecule has 0 aromatic carbocycles. The van der Waals surface area contributed by atoms with Gasteiger partial charge in [0.2, 0.25) is 5.91 Å². The van der Waals surface area contributed by atoms with Crippen molar-refractivity contribution in [2.24, 2.45) is 17.8 Å². The molecule has 2 heterocycles. The number of nitrogens with zero attached hydrogens (tertiary/aromatic N) is 2. The van der Waals surface area contributed by atoms with Gasteiger partial charge in [-0.2, -0.15) is 0 Å². The van der Waals surface area contributed by atoms with Crippen LogP contribution in [0.15, 0.2) is 0 Å². The van der Waals surface area contributed by atoms with E-state index in [4.69, 9.17) is 0 Å². The molecule has 0 aromatic heterocycles. The van der Waals surface area contributed by atoms with Crippen molar-refractivity contribution < 1.29 is 4.79 Å². The second-order valence-electron chi connectivity index (χ2n) is 8.66. The van der Waals surface area contributed by atoms with Crippen molar-refractivity contribution in [3.05, 3.63) is 0 Å². The summed E-state index contributed by atoms with van der Waals surface area (Å²) in [5.41, 5.74) is 0. The minimum Gasteiger partial charge on any atom is -0.352 e. The zero-order chi connectivity index (χ0) is 16.5. The quantitative estimate of drug-likeness (QED) is 0.784. The lowest BCUT2D eigenvalue weighted by molar-refractivity contribution is -0.123. The molecule has 1 amide bonds. The van der Waals surface area contributed by atoms with E-state index in [1.807, 2.05) is 0 Å². The number of fused-ring (bicyclic) bond motifs is 2. The molecule has 2 saturated carbocycles. The highest BCUT2D eigenvalue weighted by Crippen LogP contribution is 2.49. The molecule has 2 aliphatic carbocycles. The molecule has 0 radical (unpaired) electrons. The van der Waals surface area contributed by atoms with Gasteiger partial charge in [-0.3, -0.25) is 14.6 Å². The summed E-state index contributed by atoms with van der Waals surface area (Å²) in [5, 5.41) is 6.75. The summed E-state index contributed by atoms with van der Waals surface area (Å²) < 4.78 is 0. The average Bonchev–Trinajstić information content (AvgIpc) is 3.32. The number of likely N-dealkylation sites (tertiary alicyclic amines) is 1. The molecule has 5 atom stereocenters. The molecule has 5 unspecified atom stereocenters. The second-order valence-corrected chi connectivity index (χ2v) is 8.66. The van der Waals surface area contributed by atoms with Gasteiger partial charge >= 0.3 is 0 Å². The first-order chi connectivity index (χ1) is 11.7. The lowest BCUT2D eigenvalue weighted by Gasteiger charge is -2.32. The monoisotopic (exact) mass is 334 g/mol. The van der Waals surface area contributed by atoms with Crippen LogP contribution >= 0.6 is 0 Å². The summed E-state index contributed by atoms with van der Waals surface area (Å²) in [6.45, 7) is 9.50. The number of carbonyl (C=O) groups is 1. The van der Waals surface area contributed by atoms with Crippen LogP contribution < -0.4 is 10.6 Å². The Hall–Kier alpha value is -0.650. The molecular formula is C19H34N4O. The molecule has 0 aromatic rings. The van der Waals surface area contributed by atoms with Crippen molar-refractivity contribution in [2.45, 2.75) is 51.1 Å². The summed E-state index contributed by atoms with van der Waals surface area (Å²) in [6, 6.07) is 1.02. The van der Waals surface area contributed by atoms with Crippen LogP contribution in [0.1, 0.15) is 39.0 Å². The third-order valence-corrected chi connectivity index (χ3v) is 7.11. The van der Waals surface area contributed by atoms with E-state index in [2.05, 4.69) is 27.4 Å². The Kier molecular flexibility index (Phi) is 5.11.